The lowest BCUT2D eigenvalue weighted by atomic mass is 10.0. The smallest absolute Gasteiger partial charge is 0.0622 e. The summed E-state index contributed by atoms with van der Waals surface area (Å²) < 4.78 is 6.59. The molecule has 3 nitrogen and oxygen atoms in total. The van der Waals surface area contributed by atoms with Gasteiger partial charge in [-0.3, -0.25) is 4.90 Å². The Bertz CT molecular complexity index is 430. The first kappa shape index (κ1) is 15.3. The van der Waals surface area contributed by atoms with E-state index in [-0.39, 0.29) is 6.04 Å². The van der Waals surface area contributed by atoms with E-state index in [0.717, 1.165) is 35.7 Å². The SMILES string of the molecule is CCC1COCCN1C(CN)c1ccc(Cl)cc1Br. The van der Waals surface area contributed by atoms with Crippen molar-refractivity contribution in [2.45, 2.75) is 25.4 Å². The number of nitrogens with zero attached hydrogens (tertiary/aromatic N) is 1. The van der Waals surface area contributed by atoms with Crippen molar-refractivity contribution in [3.05, 3.63) is 33.3 Å². The van der Waals surface area contributed by atoms with Gasteiger partial charge in [0.1, 0.15) is 0 Å². The summed E-state index contributed by atoms with van der Waals surface area (Å²) in [6.45, 7) is 5.28. The van der Waals surface area contributed by atoms with Gasteiger partial charge in [0.25, 0.3) is 0 Å². The van der Waals surface area contributed by atoms with Gasteiger partial charge in [0, 0.05) is 34.7 Å². The summed E-state index contributed by atoms with van der Waals surface area (Å²) in [6.07, 6.45) is 1.07. The van der Waals surface area contributed by atoms with Crippen LogP contribution in [0.25, 0.3) is 0 Å². The maximum atomic E-state index is 6.02. The second kappa shape index (κ2) is 7.04. The van der Waals surface area contributed by atoms with E-state index in [0.29, 0.717) is 12.6 Å². The molecule has 0 bridgehead atoms. The second-order valence-corrected chi connectivity index (χ2v) is 6.08. The van der Waals surface area contributed by atoms with Crippen molar-refractivity contribution in [1.29, 1.82) is 0 Å². The van der Waals surface area contributed by atoms with Crippen molar-refractivity contribution in [2.75, 3.05) is 26.3 Å². The van der Waals surface area contributed by atoms with Crippen molar-refractivity contribution in [3.63, 3.8) is 0 Å². The standard InChI is InChI=1S/C14H20BrClN2O/c1-2-11-9-19-6-5-18(11)14(8-17)12-4-3-10(16)7-13(12)15/h3-4,7,11,14H,2,5-6,8-9,17H2,1H3. The van der Waals surface area contributed by atoms with E-state index in [1.807, 2.05) is 12.1 Å². The molecule has 0 radical (unpaired) electrons. The number of benzene rings is 1. The van der Waals surface area contributed by atoms with E-state index >= 15 is 0 Å². The van der Waals surface area contributed by atoms with Crippen LogP contribution in [0, 0.1) is 0 Å². The Hall–Kier alpha value is -0.130. The molecule has 1 aliphatic rings. The predicted molar refractivity (Wildman–Crippen MR) is 82.6 cm³/mol. The third-order valence-corrected chi connectivity index (χ3v) is 4.61. The van der Waals surface area contributed by atoms with Crippen LogP contribution < -0.4 is 5.73 Å². The molecule has 106 valence electrons. The third-order valence-electron chi connectivity index (χ3n) is 3.69. The van der Waals surface area contributed by atoms with Gasteiger partial charge in [0.05, 0.1) is 13.2 Å². The van der Waals surface area contributed by atoms with E-state index < -0.39 is 0 Å². The van der Waals surface area contributed by atoms with Gasteiger partial charge in [0.2, 0.25) is 0 Å². The normalized spacial score (nSPS) is 22.4. The molecule has 0 aromatic heterocycles. The highest BCUT2D eigenvalue weighted by Gasteiger charge is 2.29. The highest BCUT2D eigenvalue weighted by atomic mass is 79.9. The first-order valence-electron chi connectivity index (χ1n) is 6.65. The molecule has 0 spiro atoms. The number of rotatable bonds is 4. The van der Waals surface area contributed by atoms with Gasteiger partial charge in [-0.15, -0.1) is 0 Å². The van der Waals surface area contributed by atoms with Crippen molar-refractivity contribution in [2.24, 2.45) is 5.73 Å². The average molecular weight is 348 g/mol. The number of morpholine rings is 1. The summed E-state index contributed by atoms with van der Waals surface area (Å²) in [5.41, 5.74) is 7.22. The topological polar surface area (TPSA) is 38.5 Å². The van der Waals surface area contributed by atoms with Gasteiger partial charge in [0.15, 0.2) is 0 Å². The van der Waals surface area contributed by atoms with Crippen LogP contribution in [-0.2, 0) is 4.74 Å². The van der Waals surface area contributed by atoms with Gasteiger partial charge >= 0.3 is 0 Å². The van der Waals surface area contributed by atoms with E-state index in [1.54, 1.807) is 0 Å². The highest BCUT2D eigenvalue weighted by molar-refractivity contribution is 9.10. The van der Waals surface area contributed by atoms with Crippen molar-refractivity contribution >= 4 is 27.5 Å². The summed E-state index contributed by atoms with van der Waals surface area (Å²) in [5, 5.41) is 0.736. The van der Waals surface area contributed by atoms with E-state index in [9.17, 15) is 0 Å². The van der Waals surface area contributed by atoms with Gasteiger partial charge in [-0.1, -0.05) is 40.5 Å². The van der Waals surface area contributed by atoms with Gasteiger partial charge in [-0.25, -0.2) is 0 Å². The van der Waals surface area contributed by atoms with Crippen LogP contribution in [0.2, 0.25) is 5.02 Å². The molecule has 2 rings (SSSR count). The van der Waals surface area contributed by atoms with Crippen LogP contribution in [0.4, 0.5) is 0 Å². The molecule has 1 aliphatic heterocycles. The molecule has 1 aromatic carbocycles. The van der Waals surface area contributed by atoms with E-state index in [2.05, 4.69) is 33.8 Å². The van der Waals surface area contributed by atoms with Crippen LogP contribution in [0.1, 0.15) is 24.9 Å². The molecular formula is C14H20BrClN2O. The molecule has 2 unspecified atom stereocenters. The number of hydrogen-bond acceptors (Lipinski definition) is 3. The van der Waals surface area contributed by atoms with Crippen LogP contribution in [0.5, 0.6) is 0 Å². The van der Waals surface area contributed by atoms with Crippen molar-refractivity contribution < 1.29 is 4.74 Å². The lowest BCUT2D eigenvalue weighted by molar-refractivity contribution is -0.0292. The van der Waals surface area contributed by atoms with Crippen LogP contribution >= 0.6 is 27.5 Å². The largest absolute Gasteiger partial charge is 0.378 e. The zero-order valence-electron chi connectivity index (χ0n) is 11.1. The summed E-state index contributed by atoms with van der Waals surface area (Å²) in [5.74, 6) is 0. The fourth-order valence-corrected chi connectivity index (χ4v) is 3.59. The van der Waals surface area contributed by atoms with Gasteiger partial charge in [-0.05, 0) is 24.1 Å². The van der Waals surface area contributed by atoms with E-state index in [4.69, 9.17) is 22.1 Å². The zero-order chi connectivity index (χ0) is 13.8. The maximum absolute atomic E-state index is 6.02. The Morgan fingerprint density at radius 2 is 2.37 bits per heavy atom. The Morgan fingerprint density at radius 3 is 3.00 bits per heavy atom. The van der Waals surface area contributed by atoms with Gasteiger partial charge < -0.3 is 10.5 Å². The first-order chi connectivity index (χ1) is 9.17. The van der Waals surface area contributed by atoms with Crippen molar-refractivity contribution in [3.8, 4) is 0 Å². The molecule has 5 heteroatoms. The molecule has 0 aliphatic carbocycles. The minimum atomic E-state index is 0.209. The Balaban J connectivity index is 2.27. The van der Waals surface area contributed by atoms with Crippen LogP contribution in [-0.4, -0.2) is 37.2 Å². The lowest BCUT2D eigenvalue weighted by Crippen LogP contribution is -2.48. The fourth-order valence-electron chi connectivity index (χ4n) is 2.64. The molecular weight excluding hydrogens is 328 g/mol. The molecule has 1 saturated heterocycles. The maximum Gasteiger partial charge on any atom is 0.0622 e. The molecule has 1 aromatic rings. The number of hydrogen-bond donors (Lipinski definition) is 1. The van der Waals surface area contributed by atoms with Crippen LogP contribution in [0.3, 0.4) is 0 Å². The molecule has 0 amide bonds. The number of halogens is 2. The van der Waals surface area contributed by atoms with Crippen molar-refractivity contribution in [1.82, 2.24) is 4.90 Å². The molecule has 19 heavy (non-hydrogen) atoms. The summed E-state index contributed by atoms with van der Waals surface area (Å²) in [7, 11) is 0. The monoisotopic (exact) mass is 346 g/mol. The summed E-state index contributed by atoms with van der Waals surface area (Å²) in [4.78, 5) is 2.46. The predicted octanol–water partition coefficient (Wildman–Crippen LogP) is 3.21. The van der Waals surface area contributed by atoms with Gasteiger partial charge in [-0.2, -0.15) is 0 Å². The second-order valence-electron chi connectivity index (χ2n) is 4.79. The average Bonchev–Trinajstić information content (AvgIpc) is 2.42. The Morgan fingerprint density at radius 1 is 1.58 bits per heavy atom. The molecule has 1 heterocycles. The summed E-state index contributed by atoms with van der Waals surface area (Å²) in [6, 6.07) is 6.56. The fraction of sp³-hybridized carbons (Fsp3) is 0.571. The van der Waals surface area contributed by atoms with E-state index in [1.165, 1.54) is 5.56 Å². The highest BCUT2D eigenvalue weighted by Crippen LogP contribution is 2.32. The number of ether oxygens (including phenoxy) is 1. The third kappa shape index (κ3) is 3.50. The zero-order valence-corrected chi connectivity index (χ0v) is 13.5. The minimum Gasteiger partial charge on any atom is -0.378 e. The molecule has 0 saturated carbocycles. The molecule has 2 atom stereocenters. The minimum absolute atomic E-state index is 0.209. The Labute approximate surface area is 128 Å². The Kier molecular flexibility index (Phi) is 5.66. The molecule has 2 N–H and O–H groups in total. The molecule has 1 fully saturated rings. The number of nitrogens with two attached hydrogens (primary N) is 1. The van der Waals surface area contributed by atoms with Crippen LogP contribution in [0.15, 0.2) is 22.7 Å². The lowest BCUT2D eigenvalue weighted by Gasteiger charge is -2.40. The first-order valence-corrected chi connectivity index (χ1v) is 7.83. The summed E-state index contributed by atoms with van der Waals surface area (Å²) >= 11 is 9.61. The quantitative estimate of drug-likeness (QED) is 0.909.